The Labute approximate surface area is 126 Å². The first-order chi connectivity index (χ1) is 9.28. The van der Waals surface area contributed by atoms with Crippen molar-refractivity contribution >= 4 is 18.3 Å². The van der Waals surface area contributed by atoms with Crippen LogP contribution in [-0.4, -0.2) is 36.7 Å². The number of nitrogens with one attached hydrogen (secondary N) is 1. The van der Waals surface area contributed by atoms with Gasteiger partial charge >= 0.3 is 0 Å². The van der Waals surface area contributed by atoms with Gasteiger partial charge in [-0.05, 0) is 38.1 Å². The number of nitrogens with zero attached hydrogens (tertiary/aromatic N) is 1. The number of halogens is 1. The number of carbonyl (C=O) groups is 1. The smallest absolute Gasteiger partial charge is 0.236 e. The van der Waals surface area contributed by atoms with Gasteiger partial charge in [0, 0.05) is 6.42 Å². The average molecular weight is 299 g/mol. The van der Waals surface area contributed by atoms with Crippen LogP contribution in [0.3, 0.4) is 0 Å². The van der Waals surface area contributed by atoms with E-state index >= 15 is 0 Å². The van der Waals surface area contributed by atoms with Crippen molar-refractivity contribution in [2.75, 3.05) is 19.6 Å². The van der Waals surface area contributed by atoms with Gasteiger partial charge in [0.2, 0.25) is 5.91 Å². The van der Waals surface area contributed by atoms with E-state index in [1.807, 2.05) is 37.3 Å². The van der Waals surface area contributed by atoms with Gasteiger partial charge in [-0.15, -0.1) is 12.4 Å². The van der Waals surface area contributed by atoms with E-state index in [-0.39, 0.29) is 24.5 Å². The molecule has 1 aromatic carbocycles. The number of para-hydroxylation sites is 1. The molecule has 1 heterocycles. The number of hydrogen-bond acceptors (Lipinski definition) is 3. The lowest BCUT2D eigenvalue weighted by atomic mass is 10.3. The first-order valence-corrected chi connectivity index (χ1v) is 7.01. The van der Waals surface area contributed by atoms with Crippen molar-refractivity contribution in [3.8, 4) is 5.75 Å². The predicted molar refractivity (Wildman–Crippen MR) is 82.2 cm³/mol. The Morgan fingerprint density at radius 2 is 1.95 bits per heavy atom. The summed E-state index contributed by atoms with van der Waals surface area (Å²) in [4.78, 5) is 14.1. The molecule has 1 unspecified atom stereocenters. The van der Waals surface area contributed by atoms with E-state index in [1.165, 1.54) is 12.8 Å². The average Bonchev–Trinajstić information content (AvgIpc) is 2.92. The normalized spacial score (nSPS) is 16.2. The van der Waals surface area contributed by atoms with Crippen LogP contribution in [-0.2, 0) is 4.79 Å². The molecule has 1 fully saturated rings. The Morgan fingerprint density at radius 1 is 1.30 bits per heavy atom. The Bertz CT molecular complexity index is 394. The molecule has 1 aliphatic rings. The van der Waals surface area contributed by atoms with Gasteiger partial charge < -0.3 is 10.1 Å². The van der Waals surface area contributed by atoms with Crippen LogP contribution in [0, 0.1) is 0 Å². The van der Waals surface area contributed by atoms with E-state index in [9.17, 15) is 4.79 Å². The molecular weight excluding hydrogens is 276 g/mol. The highest BCUT2D eigenvalue weighted by Crippen LogP contribution is 2.11. The predicted octanol–water partition coefficient (Wildman–Crippen LogP) is 2.44. The van der Waals surface area contributed by atoms with Crippen molar-refractivity contribution in [3.63, 3.8) is 0 Å². The summed E-state index contributed by atoms with van der Waals surface area (Å²) in [5, 5.41) is 2.94. The lowest BCUT2D eigenvalue weighted by Crippen LogP contribution is -2.43. The number of ether oxygens (including phenoxy) is 1. The van der Waals surface area contributed by atoms with E-state index in [2.05, 4.69) is 10.2 Å². The van der Waals surface area contributed by atoms with Gasteiger partial charge in [0.1, 0.15) is 5.75 Å². The van der Waals surface area contributed by atoms with Crippen LogP contribution in [0.25, 0.3) is 0 Å². The van der Waals surface area contributed by atoms with E-state index < -0.39 is 0 Å². The quantitative estimate of drug-likeness (QED) is 0.820. The fraction of sp³-hybridized carbons (Fsp3) is 0.533. The molecule has 0 spiro atoms. The van der Waals surface area contributed by atoms with Crippen molar-refractivity contribution in [3.05, 3.63) is 30.3 Å². The largest absolute Gasteiger partial charge is 0.471 e. The van der Waals surface area contributed by atoms with Crippen molar-refractivity contribution in [2.45, 2.75) is 32.4 Å². The lowest BCUT2D eigenvalue weighted by Gasteiger charge is -2.21. The highest BCUT2D eigenvalue weighted by molar-refractivity contribution is 5.85. The van der Waals surface area contributed by atoms with Gasteiger partial charge in [-0.25, -0.2) is 0 Å². The van der Waals surface area contributed by atoms with Crippen LogP contribution in [0.15, 0.2) is 30.3 Å². The Hall–Kier alpha value is -1.26. The maximum Gasteiger partial charge on any atom is 0.236 e. The standard InChI is InChI=1S/C15H22N2O2.ClH/c1-2-15(19-13-8-4-3-5-9-13)16-14(18)12-17-10-6-7-11-17;/h3-5,8-9,15H,2,6-7,10-12H2,1H3,(H,16,18);1H. The zero-order valence-corrected chi connectivity index (χ0v) is 12.7. The molecule has 0 radical (unpaired) electrons. The number of amides is 1. The molecule has 4 nitrogen and oxygen atoms in total. The zero-order valence-electron chi connectivity index (χ0n) is 11.9. The molecule has 20 heavy (non-hydrogen) atoms. The second-order valence-corrected chi connectivity index (χ2v) is 4.88. The molecule has 2 rings (SSSR count). The second-order valence-electron chi connectivity index (χ2n) is 4.88. The first kappa shape index (κ1) is 16.8. The molecule has 0 aromatic heterocycles. The highest BCUT2D eigenvalue weighted by Gasteiger charge is 2.17. The minimum atomic E-state index is -0.252. The third-order valence-corrected chi connectivity index (χ3v) is 3.28. The summed E-state index contributed by atoms with van der Waals surface area (Å²) >= 11 is 0. The van der Waals surface area contributed by atoms with Crippen molar-refractivity contribution in [1.29, 1.82) is 0 Å². The summed E-state index contributed by atoms with van der Waals surface area (Å²) in [6, 6.07) is 9.59. The zero-order chi connectivity index (χ0) is 13.5. The fourth-order valence-corrected chi connectivity index (χ4v) is 2.25. The molecule has 0 saturated carbocycles. The molecule has 112 valence electrons. The monoisotopic (exact) mass is 298 g/mol. The minimum absolute atomic E-state index is 0. The van der Waals surface area contributed by atoms with Crippen molar-refractivity contribution in [1.82, 2.24) is 10.2 Å². The van der Waals surface area contributed by atoms with Gasteiger partial charge in [-0.2, -0.15) is 0 Å². The van der Waals surface area contributed by atoms with Crippen LogP contribution in [0.4, 0.5) is 0 Å². The Kier molecular flexibility index (Phi) is 7.41. The van der Waals surface area contributed by atoms with Crippen LogP contribution in [0.2, 0.25) is 0 Å². The SMILES string of the molecule is CCC(NC(=O)CN1CCCC1)Oc1ccccc1.Cl. The third kappa shape index (κ3) is 5.39. The first-order valence-electron chi connectivity index (χ1n) is 7.01. The minimum Gasteiger partial charge on any atom is -0.471 e. The van der Waals surface area contributed by atoms with Gasteiger partial charge in [-0.1, -0.05) is 25.1 Å². The van der Waals surface area contributed by atoms with E-state index in [0.29, 0.717) is 6.54 Å². The van der Waals surface area contributed by atoms with Gasteiger partial charge in [-0.3, -0.25) is 9.69 Å². The molecule has 1 N–H and O–H groups in total. The molecule has 1 amide bonds. The Morgan fingerprint density at radius 3 is 2.55 bits per heavy atom. The molecular formula is C15H23ClN2O2. The van der Waals surface area contributed by atoms with E-state index in [0.717, 1.165) is 25.3 Å². The van der Waals surface area contributed by atoms with E-state index in [4.69, 9.17) is 4.74 Å². The molecule has 1 atom stereocenters. The number of benzene rings is 1. The summed E-state index contributed by atoms with van der Waals surface area (Å²) in [5.41, 5.74) is 0. The Balaban J connectivity index is 0.00000200. The fourth-order valence-electron chi connectivity index (χ4n) is 2.25. The van der Waals surface area contributed by atoms with Crippen LogP contribution >= 0.6 is 12.4 Å². The number of carbonyl (C=O) groups excluding carboxylic acids is 1. The summed E-state index contributed by atoms with van der Waals surface area (Å²) in [6.45, 7) is 4.55. The molecule has 0 bridgehead atoms. The van der Waals surface area contributed by atoms with Gasteiger partial charge in [0.25, 0.3) is 0 Å². The second kappa shape index (κ2) is 8.82. The van der Waals surface area contributed by atoms with Crippen LogP contribution in [0.5, 0.6) is 5.75 Å². The van der Waals surface area contributed by atoms with Crippen molar-refractivity contribution in [2.24, 2.45) is 0 Å². The maximum atomic E-state index is 11.9. The van der Waals surface area contributed by atoms with Crippen LogP contribution < -0.4 is 10.1 Å². The summed E-state index contributed by atoms with van der Waals surface area (Å²) in [5.74, 6) is 0.834. The number of likely N-dealkylation sites (tertiary alicyclic amines) is 1. The number of rotatable bonds is 6. The van der Waals surface area contributed by atoms with E-state index in [1.54, 1.807) is 0 Å². The molecule has 1 aromatic rings. The summed E-state index contributed by atoms with van der Waals surface area (Å²) in [6.07, 6.45) is 2.90. The summed E-state index contributed by atoms with van der Waals surface area (Å²) < 4.78 is 5.75. The third-order valence-electron chi connectivity index (χ3n) is 3.28. The molecule has 0 aliphatic carbocycles. The highest BCUT2D eigenvalue weighted by atomic mass is 35.5. The lowest BCUT2D eigenvalue weighted by molar-refractivity contribution is -0.124. The topological polar surface area (TPSA) is 41.6 Å². The number of hydrogen-bond donors (Lipinski definition) is 1. The maximum absolute atomic E-state index is 11.9. The molecule has 5 heteroatoms. The van der Waals surface area contributed by atoms with Crippen molar-refractivity contribution < 1.29 is 9.53 Å². The van der Waals surface area contributed by atoms with Crippen LogP contribution in [0.1, 0.15) is 26.2 Å². The molecule has 1 aliphatic heterocycles. The van der Waals surface area contributed by atoms with Gasteiger partial charge in [0.15, 0.2) is 6.23 Å². The van der Waals surface area contributed by atoms with Gasteiger partial charge in [0.05, 0.1) is 6.54 Å². The molecule has 1 saturated heterocycles. The summed E-state index contributed by atoms with van der Waals surface area (Å²) in [7, 11) is 0.